The molecule has 0 spiro atoms. The Balaban J connectivity index is 2.06. The normalized spacial score (nSPS) is 24.6. The molecule has 2 aromatic rings. The zero-order chi connectivity index (χ0) is 20.0. The predicted octanol–water partition coefficient (Wildman–Crippen LogP) is 5.56. The Morgan fingerprint density at radius 3 is 2.26 bits per heavy atom. The summed E-state index contributed by atoms with van der Waals surface area (Å²) in [6, 6.07) is 11.0. The number of hydrogen-bond acceptors (Lipinski definition) is 2. The van der Waals surface area contributed by atoms with E-state index in [2.05, 4.69) is 0 Å². The Bertz CT molecular complexity index is 855. The highest BCUT2D eigenvalue weighted by molar-refractivity contribution is 5.91. The third-order valence-electron chi connectivity index (χ3n) is 5.64. The first-order chi connectivity index (χ1) is 12.6. The fourth-order valence-corrected chi connectivity index (χ4v) is 4.36. The van der Waals surface area contributed by atoms with Crippen LogP contribution < -0.4 is 0 Å². The third-order valence-corrected chi connectivity index (χ3v) is 5.64. The Hall–Kier alpha value is -2.30. The van der Waals surface area contributed by atoms with Crippen LogP contribution in [-0.2, 0) is 21.1 Å². The van der Waals surface area contributed by atoms with Gasteiger partial charge in [-0.15, -0.1) is 0 Å². The first-order valence-corrected chi connectivity index (χ1v) is 9.06. The van der Waals surface area contributed by atoms with Gasteiger partial charge in [0, 0.05) is 5.92 Å². The van der Waals surface area contributed by atoms with E-state index in [-0.39, 0.29) is 24.4 Å². The van der Waals surface area contributed by atoms with E-state index in [4.69, 9.17) is 4.74 Å². The van der Waals surface area contributed by atoms with Crippen molar-refractivity contribution in [2.75, 3.05) is 6.61 Å². The molecule has 5 heteroatoms. The van der Waals surface area contributed by atoms with Crippen molar-refractivity contribution in [3.63, 3.8) is 0 Å². The van der Waals surface area contributed by atoms with Gasteiger partial charge in [0.25, 0.3) is 0 Å². The molecule has 0 saturated heterocycles. The summed E-state index contributed by atoms with van der Waals surface area (Å²) in [7, 11) is 0. The standard InChI is InChI=1S/C22H23F3O2/c1-5-27-20(26)21(18-11-6-13(2)12-14(18)3)15(4)19(21)16-7-9-17(10-8-16)22(23,24)25/h6-12,15,19H,5H2,1-4H3. The highest BCUT2D eigenvalue weighted by Gasteiger charge is 2.69. The van der Waals surface area contributed by atoms with Crippen LogP contribution in [0, 0.1) is 19.8 Å². The second-order valence-electron chi connectivity index (χ2n) is 7.29. The van der Waals surface area contributed by atoms with E-state index >= 15 is 0 Å². The number of carbonyl (C=O) groups is 1. The molecule has 0 N–H and O–H groups in total. The lowest BCUT2D eigenvalue weighted by Gasteiger charge is -2.20. The van der Waals surface area contributed by atoms with Crippen LogP contribution >= 0.6 is 0 Å². The molecule has 0 bridgehead atoms. The quantitative estimate of drug-likeness (QED) is 0.654. The van der Waals surface area contributed by atoms with Gasteiger partial charge in [0.05, 0.1) is 12.2 Å². The van der Waals surface area contributed by atoms with Crippen LogP contribution in [0.2, 0.25) is 0 Å². The van der Waals surface area contributed by atoms with Gasteiger partial charge in [-0.05, 0) is 55.5 Å². The molecule has 3 rings (SSSR count). The number of ether oxygens (including phenoxy) is 1. The van der Waals surface area contributed by atoms with E-state index in [9.17, 15) is 18.0 Å². The summed E-state index contributed by atoms with van der Waals surface area (Å²) < 4.78 is 44.0. The summed E-state index contributed by atoms with van der Waals surface area (Å²) in [6.07, 6.45) is -4.38. The van der Waals surface area contributed by atoms with Crippen molar-refractivity contribution in [2.45, 2.75) is 45.2 Å². The minimum atomic E-state index is -4.38. The first kappa shape index (κ1) is 19.5. The Morgan fingerprint density at radius 1 is 1.11 bits per heavy atom. The molecule has 0 heterocycles. The summed E-state index contributed by atoms with van der Waals surface area (Å²) in [4.78, 5) is 13.0. The number of halogens is 3. The van der Waals surface area contributed by atoms with Crippen molar-refractivity contribution in [3.8, 4) is 0 Å². The zero-order valence-electron chi connectivity index (χ0n) is 15.9. The summed E-state index contributed by atoms with van der Waals surface area (Å²) in [5, 5.41) is 0. The van der Waals surface area contributed by atoms with Crippen LogP contribution in [-0.4, -0.2) is 12.6 Å². The lowest BCUT2D eigenvalue weighted by Crippen LogP contribution is -2.27. The Labute approximate surface area is 157 Å². The fraction of sp³-hybridized carbons (Fsp3) is 0.409. The van der Waals surface area contributed by atoms with Gasteiger partial charge in [-0.25, -0.2) is 0 Å². The molecule has 3 unspecified atom stereocenters. The van der Waals surface area contributed by atoms with E-state index in [1.54, 1.807) is 6.92 Å². The molecule has 27 heavy (non-hydrogen) atoms. The maximum Gasteiger partial charge on any atom is 0.416 e. The highest BCUT2D eigenvalue weighted by atomic mass is 19.4. The predicted molar refractivity (Wildman–Crippen MR) is 97.6 cm³/mol. The highest BCUT2D eigenvalue weighted by Crippen LogP contribution is 2.66. The molecule has 0 amide bonds. The van der Waals surface area contributed by atoms with Crippen LogP contribution in [0.15, 0.2) is 42.5 Å². The molecular weight excluding hydrogens is 353 g/mol. The SMILES string of the molecule is CCOC(=O)C1(c2ccc(C)cc2C)C(C)C1c1ccc(C(F)(F)F)cc1. The van der Waals surface area contributed by atoms with E-state index in [1.807, 2.05) is 39.0 Å². The molecule has 2 aromatic carbocycles. The van der Waals surface area contributed by atoms with Crippen LogP contribution in [0.25, 0.3) is 0 Å². The topological polar surface area (TPSA) is 26.3 Å². The number of carbonyl (C=O) groups excluding carboxylic acids is 1. The van der Waals surface area contributed by atoms with E-state index in [0.717, 1.165) is 34.4 Å². The maximum absolute atomic E-state index is 13.0. The van der Waals surface area contributed by atoms with Crippen molar-refractivity contribution >= 4 is 5.97 Å². The van der Waals surface area contributed by atoms with Crippen LogP contribution in [0.1, 0.15) is 47.6 Å². The van der Waals surface area contributed by atoms with E-state index < -0.39 is 17.2 Å². The van der Waals surface area contributed by atoms with Gasteiger partial charge in [-0.3, -0.25) is 4.79 Å². The smallest absolute Gasteiger partial charge is 0.416 e. The van der Waals surface area contributed by atoms with Crippen molar-refractivity contribution in [2.24, 2.45) is 5.92 Å². The maximum atomic E-state index is 13.0. The minimum absolute atomic E-state index is 0.0605. The van der Waals surface area contributed by atoms with Crippen LogP contribution in [0.3, 0.4) is 0 Å². The lowest BCUT2D eigenvalue weighted by molar-refractivity contribution is -0.147. The Morgan fingerprint density at radius 2 is 1.74 bits per heavy atom. The fourth-order valence-electron chi connectivity index (χ4n) is 4.36. The van der Waals surface area contributed by atoms with Crippen molar-refractivity contribution in [3.05, 3.63) is 70.3 Å². The van der Waals surface area contributed by atoms with Crippen molar-refractivity contribution in [1.82, 2.24) is 0 Å². The summed E-state index contributed by atoms with van der Waals surface area (Å²) in [6.45, 7) is 7.92. The van der Waals surface area contributed by atoms with E-state index in [0.29, 0.717) is 0 Å². The monoisotopic (exact) mass is 376 g/mol. The third kappa shape index (κ3) is 3.13. The number of aryl methyl sites for hydroxylation is 2. The average Bonchev–Trinajstić information content (AvgIpc) is 3.20. The average molecular weight is 376 g/mol. The molecule has 1 saturated carbocycles. The zero-order valence-corrected chi connectivity index (χ0v) is 15.9. The number of benzene rings is 2. The molecule has 0 aromatic heterocycles. The van der Waals surface area contributed by atoms with Gasteiger partial charge >= 0.3 is 12.1 Å². The summed E-state index contributed by atoms with van der Waals surface area (Å²) >= 11 is 0. The molecule has 1 fully saturated rings. The van der Waals surface area contributed by atoms with Gasteiger partial charge in [0.1, 0.15) is 5.41 Å². The summed E-state index contributed by atoms with van der Waals surface area (Å²) in [5.74, 6) is -0.579. The largest absolute Gasteiger partial charge is 0.465 e. The molecule has 0 radical (unpaired) electrons. The molecule has 2 nitrogen and oxygen atoms in total. The van der Waals surface area contributed by atoms with Gasteiger partial charge in [-0.1, -0.05) is 42.8 Å². The molecular formula is C22H23F3O2. The van der Waals surface area contributed by atoms with Crippen LogP contribution in [0.5, 0.6) is 0 Å². The number of esters is 1. The second kappa shape index (κ2) is 6.70. The minimum Gasteiger partial charge on any atom is -0.465 e. The first-order valence-electron chi connectivity index (χ1n) is 9.06. The van der Waals surface area contributed by atoms with Gasteiger partial charge in [-0.2, -0.15) is 13.2 Å². The summed E-state index contributed by atoms with van der Waals surface area (Å²) in [5.41, 5.74) is 2.16. The van der Waals surface area contributed by atoms with Crippen molar-refractivity contribution in [1.29, 1.82) is 0 Å². The van der Waals surface area contributed by atoms with Crippen LogP contribution in [0.4, 0.5) is 13.2 Å². The molecule has 1 aliphatic rings. The second-order valence-corrected chi connectivity index (χ2v) is 7.29. The molecule has 0 aliphatic heterocycles. The number of rotatable bonds is 4. The number of alkyl halides is 3. The molecule has 3 atom stereocenters. The van der Waals surface area contributed by atoms with E-state index in [1.165, 1.54) is 12.1 Å². The van der Waals surface area contributed by atoms with Gasteiger partial charge < -0.3 is 4.74 Å². The number of hydrogen-bond donors (Lipinski definition) is 0. The molecule has 1 aliphatic carbocycles. The van der Waals surface area contributed by atoms with Crippen molar-refractivity contribution < 1.29 is 22.7 Å². The van der Waals surface area contributed by atoms with Gasteiger partial charge in [0.2, 0.25) is 0 Å². The molecule has 144 valence electrons. The van der Waals surface area contributed by atoms with Gasteiger partial charge in [0.15, 0.2) is 0 Å². The Kier molecular flexibility index (Phi) is 4.83. The lowest BCUT2D eigenvalue weighted by atomic mass is 9.86.